The normalized spacial score (nSPS) is 11.8. The lowest BCUT2D eigenvalue weighted by atomic mass is 10.1. The Morgan fingerprint density at radius 3 is 2.35 bits per heavy atom. The molecule has 0 unspecified atom stereocenters. The topological polar surface area (TPSA) is 117 Å². The molecule has 3 aromatic rings. The van der Waals surface area contributed by atoms with Crippen LogP contribution in [0.1, 0.15) is 11.1 Å². The number of hydrogen-bond donors (Lipinski definition) is 2. The molecule has 9 heteroatoms. The Kier molecular flexibility index (Phi) is 6.74. The number of nitro benzene ring substituents is 1. The first-order valence-corrected chi connectivity index (χ1v) is 9.44. The van der Waals surface area contributed by atoms with E-state index < -0.39 is 16.6 Å². The molecule has 156 valence electrons. The molecule has 8 nitrogen and oxygen atoms in total. The summed E-state index contributed by atoms with van der Waals surface area (Å²) in [4.78, 5) is 23.2. The van der Waals surface area contributed by atoms with Crippen LogP contribution in [0.25, 0.3) is 5.76 Å². The highest BCUT2D eigenvalue weighted by atomic mass is 35.5. The van der Waals surface area contributed by atoms with Crippen molar-refractivity contribution in [2.45, 2.75) is 6.92 Å². The number of nitrogens with zero attached hydrogens (tertiary/aromatic N) is 3. The van der Waals surface area contributed by atoms with Gasteiger partial charge < -0.3 is 10.4 Å². The van der Waals surface area contributed by atoms with Gasteiger partial charge in [-0.15, -0.1) is 5.11 Å². The molecule has 0 atom stereocenters. The molecule has 0 heterocycles. The second kappa shape index (κ2) is 9.64. The number of rotatable bonds is 6. The average Bonchev–Trinajstić information content (AvgIpc) is 2.75. The number of aryl methyl sites for hydroxylation is 1. The summed E-state index contributed by atoms with van der Waals surface area (Å²) < 4.78 is 0. The third kappa shape index (κ3) is 5.74. The summed E-state index contributed by atoms with van der Waals surface area (Å²) in [6.07, 6.45) is 0. The van der Waals surface area contributed by atoms with E-state index in [-0.39, 0.29) is 16.9 Å². The van der Waals surface area contributed by atoms with Crippen molar-refractivity contribution < 1.29 is 14.8 Å². The molecule has 0 bridgehead atoms. The highest BCUT2D eigenvalue weighted by Crippen LogP contribution is 2.24. The minimum atomic E-state index is -0.695. The molecule has 31 heavy (non-hydrogen) atoms. The predicted octanol–water partition coefficient (Wildman–Crippen LogP) is 6.21. The van der Waals surface area contributed by atoms with E-state index in [1.165, 1.54) is 24.3 Å². The highest BCUT2D eigenvalue weighted by molar-refractivity contribution is 6.30. The molecule has 0 aliphatic heterocycles. The quantitative estimate of drug-likeness (QED) is 0.157. The van der Waals surface area contributed by atoms with Gasteiger partial charge >= 0.3 is 0 Å². The Labute approximate surface area is 182 Å². The maximum atomic E-state index is 12.9. The Balaban J connectivity index is 1.99. The van der Waals surface area contributed by atoms with E-state index >= 15 is 0 Å². The van der Waals surface area contributed by atoms with Crippen LogP contribution in [-0.4, -0.2) is 15.9 Å². The van der Waals surface area contributed by atoms with Crippen LogP contribution < -0.4 is 5.32 Å². The van der Waals surface area contributed by atoms with Gasteiger partial charge in [0.15, 0.2) is 11.5 Å². The molecule has 2 N–H and O–H groups in total. The molecule has 0 spiro atoms. The first-order valence-electron chi connectivity index (χ1n) is 9.07. The van der Waals surface area contributed by atoms with Crippen molar-refractivity contribution in [3.63, 3.8) is 0 Å². The zero-order chi connectivity index (χ0) is 22.4. The second-order valence-corrected chi connectivity index (χ2v) is 6.94. The Bertz CT molecular complexity index is 1170. The van der Waals surface area contributed by atoms with E-state index in [1.54, 1.807) is 42.5 Å². The Morgan fingerprint density at radius 1 is 1.06 bits per heavy atom. The van der Waals surface area contributed by atoms with Crippen LogP contribution in [0.15, 0.2) is 88.7 Å². The number of aliphatic hydroxyl groups excluding tert-OH is 1. The van der Waals surface area contributed by atoms with Gasteiger partial charge in [-0.3, -0.25) is 14.9 Å². The van der Waals surface area contributed by atoms with E-state index in [4.69, 9.17) is 11.6 Å². The molecular formula is C22H17ClN4O4. The van der Waals surface area contributed by atoms with Crippen molar-refractivity contribution in [2.24, 2.45) is 10.2 Å². The summed E-state index contributed by atoms with van der Waals surface area (Å²) in [6.45, 7) is 1.88. The monoisotopic (exact) mass is 436 g/mol. The fourth-order valence-electron chi connectivity index (χ4n) is 2.61. The number of halogens is 1. The predicted molar refractivity (Wildman–Crippen MR) is 118 cm³/mol. The van der Waals surface area contributed by atoms with Crippen molar-refractivity contribution in [3.05, 3.63) is 105 Å². The molecule has 1 amide bonds. The maximum absolute atomic E-state index is 12.9. The van der Waals surface area contributed by atoms with Gasteiger partial charge in [-0.2, -0.15) is 5.11 Å². The molecule has 0 aliphatic rings. The lowest BCUT2D eigenvalue weighted by Crippen LogP contribution is -2.15. The van der Waals surface area contributed by atoms with Gasteiger partial charge in [-0.05, 0) is 61.0 Å². The van der Waals surface area contributed by atoms with Crippen molar-refractivity contribution in [3.8, 4) is 0 Å². The minimum absolute atomic E-state index is 0.148. The number of non-ortho nitro benzene ring substituents is 1. The fourth-order valence-corrected chi connectivity index (χ4v) is 2.73. The molecule has 0 saturated heterocycles. The van der Waals surface area contributed by atoms with Crippen molar-refractivity contribution >= 4 is 40.3 Å². The summed E-state index contributed by atoms with van der Waals surface area (Å²) >= 11 is 5.86. The molecule has 0 aliphatic carbocycles. The number of benzene rings is 3. The Hall–Kier alpha value is -4.04. The number of azo groups is 1. The molecule has 3 aromatic carbocycles. The van der Waals surface area contributed by atoms with Gasteiger partial charge in [-0.25, -0.2) is 0 Å². The van der Waals surface area contributed by atoms with Crippen LogP contribution in [0.2, 0.25) is 5.02 Å². The second-order valence-electron chi connectivity index (χ2n) is 6.50. The van der Waals surface area contributed by atoms with E-state index in [0.717, 1.165) is 5.56 Å². The van der Waals surface area contributed by atoms with Gasteiger partial charge in [0.25, 0.3) is 11.6 Å². The van der Waals surface area contributed by atoms with Gasteiger partial charge in [0.05, 0.1) is 10.6 Å². The molecule has 3 rings (SSSR count). The molecule has 0 fully saturated rings. The molecule has 0 radical (unpaired) electrons. The average molecular weight is 437 g/mol. The summed E-state index contributed by atoms with van der Waals surface area (Å²) in [5.74, 6) is -1.17. The van der Waals surface area contributed by atoms with Crippen LogP contribution in [0, 0.1) is 17.0 Å². The van der Waals surface area contributed by atoms with Crippen LogP contribution in [0.3, 0.4) is 0 Å². The number of carbonyl (C=O) groups is 1. The van der Waals surface area contributed by atoms with E-state index in [2.05, 4.69) is 15.5 Å². The number of carbonyl (C=O) groups excluding carboxylic acids is 1. The minimum Gasteiger partial charge on any atom is -0.505 e. The number of nitrogens with one attached hydrogen (secondary N) is 1. The van der Waals surface area contributed by atoms with Crippen LogP contribution in [0.4, 0.5) is 17.1 Å². The van der Waals surface area contributed by atoms with Gasteiger partial charge in [0, 0.05) is 28.4 Å². The first kappa shape index (κ1) is 21.7. The van der Waals surface area contributed by atoms with Crippen LogP contribution in [-0.2, 0) is 4.79 Å². The first-order chi connectivity index (χ1) is 14.8. The number of nitro groups is 1. The molecule has 0 aromatic heterocycles. The number of hydrogen-bond acceptors (Lipinski definition) is 6. The standard InChI is InChI=1S/C22H17ClN4O4/c1-14-3-2-4-18(13-14)24-22(29)20(26-25-17-9-7-16(23)8-10-17)21(28)15-5-11-19(12-6-15)27(30)31/h2-13,28H,1H3,(H,24,29)/b21-20+,26-25?. The van der Waals surface area contributed by atoms with Crippen molar-refractivity contribution in [2.75, 3.05) is 5.32 Å². The zero-order valence-corrected chi connectivity index (χ0v) is 17.1. The molecular weight excluding hydrogens is 420 g/mol. The smallest absolute Gasteiger partial charge is 0.280 e. The van der Waals surface area contributed by atoms with E-state index in [9.17, 15) is 20.0 Å². The number of aliphatic hydroxyl groups is 1. The lowest BCUT2D eigenvalue weighted by molar-refractivity contribution is -0.384. The lowest BCUT2D eigenvalue weighted by Gasteiger charge is -2.08. The highest BCUT2D eigenvalue weighted by Gasteiger charge is 2.18. The third-order valence-corrected chi connectivity index (χ3v) is 4.41. The fraction of sp³-hybridized carbons (Fsp3) is 0.0455. The van der Waals surface area contributed by atoms with Gasteiger partial charge in [0.2, 0.25) is 0 Å². The van der Waals surface area contributed by atoms with Gasteiger partial charge in [0.1, 0.15) is 0 Å². The largest absolute Gasteiger partial charge is 0.505 e. The van der Waals surface area contributed by atoms with Crippen LogP contribution in [0.5, 0.6) is 0 Å². The van der Waals surface area contributed by atoms with Gasteiger partial charge in [-0.1, -0.05) is 23.7 Å². The van der Waals surface area contributed by atoms with Crippen molar-refractivity contribution in [1.29, 1.82) is 0 Å². The van der Waals surface area contributed by atoms with Crippen LogP contribution >= 0.6 is 11.6 Å². The van der Waals surface area contributed by atoms with E-state index in [1.807, 2.05) is 13.0 Å². The number of amides is 1. The van der Waals surface area contributed by atoms with Crippen molar-refractivity contribution in [1.82, 2.24) is 0 Å². The molecule has 0 saturated carbocycles. The third-order valence-electron chi connectivity index (χ3n) is 4.16. The van der Waals surface area contributed by atoms with E-state index in [0.29, 0.717) is 16.4 Å². The summed E-state index contributed by atoms with van der Waals surface area (Å²) in [6, 6.07) is 18.6. The number of anilines is 1. The summed E-state index contributed by atoms with van der Waals surface area (Å²) in [5, 5.41) is 32.7. The SMILES string of the molecule is Cc1cccc(NC(=O)/C(N=Nc2ccc(Cl)cc2)=C(\O)c2ccc([N+](=O)[O-])cc2)c1. The summed E-state index contributed by atoms with van der Waals surface area (Å²) in [7, 11) is 0. The maximum Gasteiger partial charge on any atom is 0.280 e. The zero-order valence-electron chi connectivity index (χ0n) is 16.3. The summed E-state index contributed by atoms with van der Waals surface area (Å²) in [5.41, 5.74) is 1.54. The Morgan fingerprint density at radius 2 is 1.74 bits per heavy atom.